The zero-order chi connectivity index (χ0) is 18.4. The van der Waals surface area contributed by atoms with Crippen LogP contribution in [0.5, 0.6) is 0 Å². The van der Waals surface area contributed by atoms with Crippen molar-refractivity contribution in [3.8, 4) is 0 Å². The van der Waals surface area contributed by atoms with Gasteiger partial charge in [0.25, 0.3) is 5.69 Å². The summed E-state index contributed by atoms with van der Waals surface area (Å²) in [4.78, 5) is 26.2. The molecule has 7 nitrogen and oxygen atoms in total. The lowest BCUT2D eigenvalue weighted by atomic mass is 10.1. The third-order valence-corrected chi connectivity index (χ3v) is 5.35. The molecule has 3 rings (SSSR count). The molecule has 26 heavy (non-hydrogen) atoms. The SMILES string of the molecule is O=C(CNCC(c1cccs1)N1CCOCC1)c1ccc([N+](=O)[O-])cc1. The maximum Gasteiger partial charge on any atom is 0.269 e. The predicted molar refractivity (Wildman–Crippen MR) is 99.7 cm³/mol. The molecule has 2 heterocycles. The number of nitrogens with one attached hydrogen (secondary N) is 1. The van der Waals surface area contributed by atoms with E-state index in [1.165, 1.54) is 29.1 Å². The summed E-state index contributed by atoms with van der Waals surface area (Å²) in [7, 11) is 0. The first-order valence-corrected chi connectivity index (χ1v) is 9.36. The molecule has 0 amide bonds. The Morgan fingerprint density at radius 3 is 2.62 bits per heavy atom. The van der Waals surface area contributed by atoms with E-state index in [0.717, 1.165) is 26.3 Å². The summed E-state index contributed by atoms with van der Waals surface area (Å²) in [5.41, 5.74) is 0.460. The van der Waals surface area contributed by atoms with Crippen molar-refractivity contribution >= 4 is 22.8 Å². The summed E-state index contributed by atoms with van der Waals surface area (Å²) in [6.45, 7) is 4.07. The first-order chi connectivity index (χ1) is 12.6. The molecule has 0 aliphatic carbocycles. The highest BCUT2D eigenvalue weighted by molar-refractivity contribution is 7.10. The number of nitro benzene ring substituents is 1. The number of hydrogen-bond acceptors (Lipinski definition) is 7. The van der Waals surface area contributed by atoms with Crippen molar-refractivity contribution < 1.29 is 14.5 Å². The fraction of sp³-hybridized carbons (Fsp3) is 0.389. The minimum atomic E-state index is -0.472. The van der Waals surface area contributed by atoms with Crippen LogP contribution in [0.25, 0.3) is 0 Å². The Labute approximate surface area is 155 Å². The zero-order valence-electron chi connectivity index (χ0n) is 14.3. The second-order valence-corrected chi connectivity index (χ2v) is 7.02. The number of carbonyl (C=O) groups is 1. The number of rotatable bonds is 8. The number of nitrogens with zero attached hydrogens (tertiary/aromatic N) is 2. The van der Waals surface area contributed by atoms with Gasteiger partial charge in [-0.15, -0.1) is 11.3 Å². The van der Waals surface area contributed by atoms with E-state index in [4.69, 9.17) is 4.74 Å². The van der Waals surface area contributed by atoms with Gasteiger partial charge in [-0.1, -0.05) is 6.07 Å². The summed E-state index contributed by atoms with van der Waals surface area (Å²) >= 11 is 1.71. The van der Waals surface area contributed by atoms with E-state index >= 15 is 0 Å². The number of morpholine rings is 1. The van der Waals surface area contributed by atoms with Crippen LogP contribution >= 0.6 is 11.3 Å². The molecule has 0 bridgehead atoms. The molecule has 0 saturated carbocycles. The minimum Gasteiger partial charge on any atom is -0.379 e. The van der Waals surface area contributed by atoms with Gasteiger partial charge in [-0.2, -0.15) is 0 Å². The van der Waals surface area contributed by atoms with Crippen molar-refractivity contribution in [2.75, 3.05) is 39.4 Å². The largest absolute Gasteiger partial charge is 0.379 e. The summed E-state index contributed by atoms with van der Waals surface area (Å²) in [5.74, 6) is -0.0770. The van der Waals surface area contributed by atoms with Crippen LogP contribution in [0.4, 0.5) is 5.69 Å². The number of thiophene rings is 1. The molecular weight excluding hydrogens is 354 g/mol. The highest BCUT2D eigenvalue weighted by Crippen LogP contribution is 2.25. The molecule has 1 N–H and O–H groups in total. The van der Waals surface area contributed by atoms with Crippen LogP contribution in [-0.4, -0.2) is 55.0 Å². The first-order valence-electron chi connectivity index (χ1n) is 8.49. The standard InChI is InChI=1S/C18H21N3O4S/c22-17(14-3-5-15(6-4-14)21(23)24)13-19-12-16(18-2-1-11-26-18)20-7-9-25-10-8-20/h1-6,11,16,19H,7-10,12-13H2. The van der Waals surface area contributed by atoms with E-state index in [2.05, 4.69) is 21.7 Å². The molecule has 1 aromatic carbocycles. The smallest absolute Gasteiger partial charge is 0.269 e. The van der Waals surface area contributed by atoms with Gasteiger partial charge in [0, 0.05) is 42.2 Å². The molecule has 1 aromatic heterocycles. The minimum absolute atomic E-state index is 0.0143. The van der Waals surface area contributed by atoms with Crippen LogP contribution < -0.4 is 5.32 Å². The number of Topliss-reactive ketones (excluding diaryl/α,β-unsaturated/α-hetero) is 1. The van der Waals surface area contributed by atoms with Crippen molar-refractivity contribution in [3.63, 3.8) is 0 Å². The number of carbonyl (C=O) groups excluding carboxylic acids is 1. The van der Waals surface area contributed by atoms with Crippen molar-refractivity contribution in [2.24, 2.45) is 0 Å². The number of ketones is 1. The molecule has 2 aromatic rings. The summed E-state index contributed by atoms with van der Waals surface area (Å²) < 4.78 is 5.43. The third-order valence-electron chi connectivity index (χ3n) is 4.38. The number of non-ortho nitro benzene ring substituents is 1. The van der Waals surface area contributed by atoms with Crippen molar-refractivity contribution in [3.05, 3.63) is 62.3 Å². The van der Waals surface area contributed by atoms with Crippen molar-refractivity contribution in [1.82, 2.24) is 10.2 Å². The van der Waals surface area contributed by atoms with Gasteiger partial charge in [-0.25, -0.2) is 0 Å². The van der Waals surface area contributed by atoms with Gasteiger partial charge < -0.3 is 10.1 Å². The number of nitro groups is 1. The van der Waals surface area contributed by atoms with Gasteiger partial charge in [0.15, 0.2) is 5.78 Å². The van der Waals surface area contributed by atoms with Crippen LogP contribution in [0, 0.1) is 10.1 Å². The van der Waals surface area contributed by atoms with Crippen LogP contribution in [0.2, 0.25) is 0 Å². The molecule has 8 heteroatoms. The molecule has 1 unspecified atom stereocenters. The average Bonchev–Trinajstić information content (AvgIpc) is 3.20. The Bertz CT molecular complexity index is 727. The van der Waals surface area contributed by atoms with Gasteiger partial charge >= 0.3 is 0 Å². The monoisotopic (exact) mass is 375 g/mol. The highest BCUT2D eigenvalue weighted by atomic mass is 32.1. The van der Waals surface area contributed by atoms with Gasteiger partial charge in [0.2, 0.25) is 0 Å². The maximum absolute atomic E-state index is 12.3. The molecule has 1 fully saturated rings. The summed E-state index contributed by atoms with van der Waals surface area (Å²) in [5, 5.41) is 16.0. The number of benzene rings is 1. The third kappa shape index (κ3) is 4.73. The number of hydrogen-bond donors (Lipinski definition) is 1. The molecule has 1 aliphatic heterocycles. The lowest BCUT2D eigenvalue weighted by Gasteiger charge is -2.34. The normalized spacial score (nSPS) is 16.3. The fourth-order valence-corrected chi connectivity index (χ4v) is 3.83. The predicted octanol–water partition coefficient (Wildman–Crippen LogP) is 2.50. The quantitative estimate of drug-likeness (QED) is 0.434. The summed E-state index contributed by atoms with van der Waals surface area (Å²) in [6.07, 6.45) is 0. The van der Waals surface area contributed by atoms with E-state index < -0.39 is 4.92 Å². The fourth-order valence-electron chi connectivity index (χ4n) is 2.97. The Hall–Kier alpha value is -2.13. The molecule has 1 aliphatic rings. The van der Waals surface area contributed by atoms with Gasteiger partial charge in [0.1, 0.15) is 0 Å². The highest BCUT2D eigenvalue weighted by Gasteiger charge is 2.23. The van der Waals surface area contributed by atoms with Gasteiger partial charge in [0.05, 0.1) is 30.7 Å². The first kappa shape index (κ1) is 18.7. The molecule has 138 valence electrons. The van der Waals surface area contributed by atoms with Gasteiger partial charge in [-0.05, 0) is 23.6 Å². The van der Waals surface area contributed by atoms with E-state index in [1.54, 1.807) is 11.3 Å². The van der Waals surface area contributed by atoms with E-state index in [1.807, 2.05) is 6.07 Å². The van der Waals surface area contributed by atoms with E-state index in [-0.39, 0.29) is 24.1 Å². The molecule has 1 saturated heterocycles. The van der Waals surface area contributed by atoms with Gasteiger partial charge in [-0.3, -0.25) is 19.8 Å². The Morgan fingerprint density at radius 2 is 2.00 bits per heavy atom. The maximum atomic E-state index is 12.3. The summed E-state index contributed by atoms with van der Waals surface area (Å²) in [6, 6.07) is 10.1. The van der Waals surface area contributed by atoms with E-state index in [0.29, 0.717) is 12.1 Å². The Kier molecular flexibility index (Phi) is 6.45. The zero-order valence-corrected chi connectivity index (χ0v) is 15.1. The Balaban J connectivity index is 1.57. The van der Waals surface area contributed by atoms with Crippen molar-refractivity contribution in [1.29, 1.82) is 0 Å². The molecular formula is C18H21N3O4S. The molecule has 0 spiro atoms. The Morgan fingerprint density at radius 1 is 1.27 bits per heavy atom. The lowest BCUT2D eigenvalue weighted by molar-refractivity contribution is -0.384. The van der Waals surface area contributed by atoms with Crippen molar-refractivity contribution in [2.45, 2.75) is 6.04 Å². The van der Waals surface area contributed by atoms with Crippen LogP contribution in [0.1, 0.15) is 21.3 Å². The van der Waals surface area contributed by atoms with Crippen LogP contribution in [0.3, 0.4) is 0 Å². The van der Waals surface area contributed by atoms with Crippen LogP contribution in [0.15, 0.2) is 41.8 Å². The second-order valence-electron chi connectivity index (χ2n) is 6.04. The van der Waals surface area contributed by atoms with E-state index in [9.17, 15) is 14.9 Å². The topological polar surface area (TPSA) is 84.7 Å². The molecule has 0 radical (unpaired) electrons. The average molecular weight is 375 g/mol. The van der Waals surface area contributed by atoms with Crippen LogP contribution in [-0.2, 0) is 4.74 Å². The molecule has 1 atom stereocenters. The second kappa shape index (κ2) is 9.00. The lowest BCUT2D eigenvalue weighted by Crippen LogP contribution is -2.43. The number of ether oxygens (including phenoxy) is 1.